The van der Waals surface area contributed by atoms with Crippen molar-refractivity contribution in [1.29, 1.82) is 0 Å². The van der Waals surface area contributed by atoms with Gasteiger partial charge in [0.2, 0.25) is 0 Å². The Bertz CT molecular complexity index is 561. The smallest absolute Gasteiger partial charge is 0.311 e. The summed E-state index contributed by atoms with van der Waals surface area (Å²) in [7, 11) is 0. The zero-order valence-electron chi connectivity index (χ0n) is 14.4. The second kappa shape index (κ2) is 11.6. The molecule has 0 unspecified atom stereocenters. The van der Waals surface area contributed by atoms with Crippen molar-refractivity contribution in [3.63, 3.8) is 0 Å². The molecule has 1 aromatic carbocycles. The highest BCUT2D eigenvalue weighted by Crippen LogP contribution is 2.36. The van der Waals surface area contributed by atoms with Crippen molar-refractivity contribution in [3.8, 4) is 5.75 Å². The Hall–Kier alpha value is -0.970. The van der Waals surface area contributed by atoms with E-state index in [1.807, 2.05) is 0 Å². The van der Waals surface area contributed by atoms with Crippen molar-refractivity contribution in [2.75, 3.05) is 0 Å². The van der Waals surface area contributed by atoms with Crippen molar-refractivity contribution in [3.05, 3.63) is 27.2 Å². The van der Waals surface area contributed by atoms with Gasteiger partial charge in [-0.1, -0.05) is 61.5 Å². The SMILES string of the molecule is CCCC(CCC)OC(=O)CCCC(=O)Oc1c(Cl)cc(Cl)cc1Cl. The number of halogens is 3. The van der Waals surface area contributed by atoms with Crippen molar-refractivity contribution in [2.24, 2.45) is 0 Å². The van der Waals surface area contributed by atoms with Gasteiger partial charge in [0.25, 0.3) is 0 Å². The van der Waals surface area contributed by atoms with Gasteiger partial charge in [0, 0.05) is 17.9 Å². The van der Waals surface area contributed by atoms with E-state index in [1.54, 1.807) is 0 Å². The quantitative estimate of drug-likeness (QED) is 0.339. The van der Waals surface area contributed by atoms with Gasteiger partial charge in [0.15, 0.2) is 5.75 Å². The number of ether oxygens (including phenoxy) is 2. The van der Waals surface area contributed by atoms with E-state index in [0.717, 1.165) is 25.7 Å². The molecule has 0 heterocycles. The monoisotopic (exact) mass is 408 g/mol. The van der Waals surface area contributed by atoms with E-state index in [9.17, 15) is 9.59 Å². The molecule has 4 nitrogen and oxygen atoms in total. The van der Waals surface area contributed by atoms with Crippen molar-refractivity contribution in [2.45, 2.75) is 64.9 Å². The Balaban J connectivity index is 2.41. The fourth-order valence-corrected chi connectivity index (χ4v) is 3.21. The van der Waals surface area contributed by atoms with Crippen LogP contribution in [0, 0.1) is 0 Å². The lowest BCUT2D eigenvalue weighted by atomic mass is 10.1. The van der Waals surface area contributed by atoms with Crippen molar-refractivity contribution >= 4 is 46.7 Å². The summed E-state index contributed by atoms with van der Waals surface area (Å²) in [6.45, 7) is 4.11. The molecule has 1 rings (SSSR count). The summed E-state index contributed by atoms with van der Waals surface area (Å²) in [6, 6.07) is 2.88. The average molecular weight is 410 g/mol. The molecule has 0 amide bonds. The zero-order chi connectivity index (χ0) is 18.8. The molecule has 0 aliphatic carbocycles. The molecule has 0 radical (unpaired) electrons. The molecule has 25 heavy (non-hydrogen) atoms. The molecule has 0 aliphatic heterocycles. The molecule has 0 aromatic heterocycles. The van der Waals surface area contributed by atoms with Gasteiger partial charge < -0.3 is 9.47 Å². The maximum absolute atomic E-state index is 11.9. The van der Waals surface area contributed by atoms with Gasteiger partial charge in [0.1, 0.15) is 6.10 Å². The van der Waals surface area contributed by atoms with Gasteiger partial charge in [-0.15, -0.1) is 0 Å². The van der Waals surface area contributed by atoms with Crippen LogP contribution in [0.15, 0.2) is 12.1 Å². The van der Waals surface area contributed by atoms with Crippen LogP contribution in [0.5, 0.6) is 5.75 Å². The molecule has 0 spiro atoms. The maximum atomic E-state index is 11.9. The van der Waals surface area contributed by atoms with Gasteiger partial charge >= 0.3 is 11.9 Å². The number of carbonyl (C=O) groups is 2. The zero-order valence-corrected chi connectivity index (χ0v) is 16.7. The molecule has 7 heteroatoms. The highest BCUT2D eigenvalue weighted by atomic mass is 35.5. The van der Waals surface area contributed by atoms with Crippen LogP contribution in [0.1, 0.15) is 58.8 Å². The Kier molecular flexibility index (Phi) is 10.2. The molecule has 0 saturated carbocycles. The van der Waals surface area contributed by atoms with Gasteiger partial charge in [0.05, 0.1) is 10.0 Å². The Morgan fingerprint density at radius 1 is 0.960 bits per heavy atom. The first-order valence-electron chi connectivity index (χ1n) is 8.42. The first-order valence-corrected chi connectivity index (χ1v) is 9.55. The minimum atomic E-state index is -0.516. The number of benzene rings is 1. The lowest BCUT2D eigenvalue weighted by Gasteiger charge is -2.16. The van der Waals surface area contributed by atoms with Crippen LogP contribution in [0.2, 0.25) is 15.1 Å². The van der Waals surface area contributed by atoms with Crippen LogP contribution < -0.4 is 4.74 Å². The van der Waals surface area contributed by atoms with E-state index in [1.165, 1.54) is 12.1 Å². The molecule has 0 aliphatic rings. The number of rotatable bonds is 10. The second-order valence-corrected chi connectivity index (χ2v) is 6.97. The molecule has 0 atom stereocenters. The van der Waals surface area contributed by atoms with Crippen molar-refractivity contribution in [1.82, 2.24) is 0 Å². The Labute approximate surface area is 163 Å². The number of hydrogen-bond donors (Lipinski definition) is 0. The predicted octanol–water partition coefficient (Wildman–Crippen LogP) is 6.23. The summed E-state index contributed by atoms with van der Waals surface area (Å²) >= 11 is 17.7. The van der Waals surface area contributed by atoms with Crippen molar-refractivity contribution < 1.29 is 19.1 Å². The van der Waals surface area contributed by atoms with Crippen LogP contribution in [-0.2, 0) is 14.3 Å². The highest BCUT2D eigenvalue weighted by Gasteiger charge is 2.16. The summed E-state index contributed by atoms with van der Waals surface area (Å²) in [5.41, 5.74) is 0. The maximum Gasteiger partial charge on any atom is 0.311 e. The lowest BCUT2D eigenvalue weighted by molar-refractivity contribution is -0.150. The molecular weight excluding hydrogens is 387 g/mol. The minimum absolute atomic E-state index is 0.0406. The Morgan fingerprint density at radius 3 is 2.00 bits per heavy atom. The normalized spacial score (nSPS) is 10.8. The number of hydrogen-bond acceptors (Lipinski definition) is 4. The summed E-state index contributed by atoms with van der Waals surface area (Å²) in [4.78, 5) is 23.7. The van der Waals surface area contributed by atoms with Crippen LogP contribution in [-0.4, -0.2) is 18.0 Å². The summed E-state index contributed by atoms with van der Waals surface area (Å²) < 4.78 is 10.6. The first kappa shape index (κ1) is 22.1. The van der Waals surface area contributed by atoms with E-state index in [-0.39, 0.29) is 40.7 Å². The van der Waals surface area contributed by atoms with E-state index in [0.29, 0.717) is 11.4 Å². The van der Waals surface area contributed by atoms with E-state index in [2.05, 4.69) is 13.8 Å². The van der Waals surface area contributed by atoms with Crippen LogP contribution in [0.4, 0.5) is 0 Å². The third kappa shape index (κ3) is 8.30. The fraction of sp³-hybridized carbons (Fsp3) is 0.556. The molecule has 140 valence electrons. The van der Waals surface area contributed by atoms with Gasteiger partial charge in [-0.2, -0.15) is 0 Å². The predicted molar refractivity (Wildman–Crippen MR) is 101 cm³/mol. The molecule has 0 N–H and O–H groups in total. The standard InChI is InChI=1S/C18H23Cl3O4/c1-3-6-13(7-4-2)24-16(22)8-5-9-17(23)25-18-14(20)10-12(19)11-15(18)21/h10-11,13H,3-9H2,1-2H3. The van der Waals surface area contributed by atoms with Gasteiger partial charge in [-0.25, -0.2) is 0 Å². The van der Waals surface area contributed by atoms with Gasteiger partial charge in [-0.05, 0) is 31.4 Å². The summed E-state index contributed by atoms with van der Waals surface area (Å²) in [5.74, 6) is -0.730. The molecule has 1 aromatic rings. The van der Waals surface area contributed by atoms with E-state index in [4.69, 9.17) is 44.3 Å². The third-order valence-electron chi connectivity index (χ3n) is 3.46. The van der Waals surface area contributed by atoms with Crippen LogP contribution >= 0.6 is 34.8 Å². The fourth-order valence-electron chi connectivity index (χ4n) is 2.32. The van der Waals surface area contributed by atoms with Crippen LogP contribution in [0.25, 0.3) is 0 Å². The topological polar surface area (TPSA) is 52.6 Å². The molecular formula is C18H23Cl3O4. The minimum Gasteiger partial charge on any atom is -0.462 e. The number of esters is 2. The van der Waals surface area contributed by atoms with E-state index >= 15 is 0 Å². The lowest BCUT2D eigenvalue weighted by Crippen LogP contribution is -2.18. The van der Waals surface area contributed by atoms with E-state index < -0.39 is 5.97 Å². The average Bonchev–Trinajstić information content (AvgIpc) is 2.51. The highest BCUT2D eigenvalue weighted by molar-refractivity contribution is 6.40. The molecule has 0 saturated heterocycles. The Morgan fingerprint density at radius 2 is 1.48 bits per heavy atom. The largest absolute Gasteiger partial charge is 0.462 e. The third-order valence-corrected chi connectivity index (χ3v) is 4.24. The van der Waals surface area contributed by atoms with Crippen LogP contribution in [0.3, 0.4) is 0 Å². The molecule has 0 fully saturated rings. The summed E-state index contributed by atoms with van der Waals surface area (Å²) in [6.07, 6.45) is 4.17. The van der Waals surface area contributed by atoms with Gasteiger partial charge in [-0.3, -0.25) is 9.59 Å². The number of carbonyl (C=O) groups excluding carboxylic acids is 2. The first-order chi connectivity index (χ1) is 11.9. The molecule has 0 bridgehead atoms. The summed E-state index contributed by atoms with van der Waals surface area (Å²) in [5, 5.41) is 0.672. The second-order valence-electron chi connectivity index (χ2n) is 5.72.